The van der Waals surface area contributed by atoms with Gasteiger partial charge in [0.25, 0.3) is 0 Å². The van der Waals surface area contributed by atoms with Gasteiger partial charge in [-0.15, -0.1) is 11.6 Å². The number of hydrogen-bond donors (Lipinski definition) is 1. The van der Waals surface area contributed by atoms with E-state index in [1.807, 2.05) is 49.4 Å². The highest BCUT2D eigenvalue weighted by atomic mass is 35.5. The number of aromatic nitrogens is 1. The molecule has 1 aliphatic rings. The van der Waals surface area contributed by atoms with E-state index in [0.717, 1.165) is 48.7 Å². The molecule has 2 heterocycles. The van der Waals surface area contributed by atoms with E-state index >= 15 is 0 Å². The van der Waals surface area contributed by atoms with Crippen molar-refractivity contribution in [3.63, 3.8) is 0 Å². The van der Waals surface area contributed by atoms with Crippen molar-refractivity contribution in [3.8, 4) is 11.1 Å². The van der Waals surface area contributed by atoms with Gasteiger partial charge in [0.1, 0.15) is 5.82 Å². The van der Waals surface area contributed by atoms with Crippen LogP contribution in [0.1, 0.15) is 12.0 Å². The smallest absolute Gasteiger partial charge is 0.195 e. The number of H-pyrrole nitrogens is 1. The summed E-state index contributed by atoms with van der Waals surface area (Å²) in [6.45, 7) is 5.19. The van der Waals surface area contributed by atoms with Crippen molar-refractivity contribution < 1.29 is 8.42 Å². The van der Waals surface area contributed by atoms with E-state index in [1.54, 1.807) is 0 Å². The lowest BCUT2D eigenvalue weighted by Crippen LogP contribution is -2.46. The molecule has 1 aromatic heterocycles. The molecule has 0 bridgehead atoms. The Morgan fingerprint density at radius 1 is 0.938 bits per heavy atom. The Kier molecular flexibility index (Phi) is 7.03. The molecule has 170 valence electrons. The SMILES string of the molecule is Cc1ccccc1-c1c(N2CCN(c3ccccc3)CC2)[nH]c(S(=O)(=O)CCCCl)c1Cl. The molecule has 2 aromatic carbocycles. The van der Waals surface area contributed by atoms with Crippen LogP contribution in [-0.2, 0) is 9.84 Å². The minimum absolute atomic E-state index is 0.0365. The van der Waals surface area contributed by atoms with Crippen molar-refractivity contribution in [2.24, 2.45) is 0 Å². The van der Waals surface area contributed by atoms with E-state index in [0.29, 0.717) is 6.42 Å². The van der Waals surface area contributed by atoms with Crippen LogP contribution in [0.15, 0.2) is 59.6 Å². The number of anilines is 2. The van der Waals surface area contributed by atoms with Crippen LogP contribution in [0, 0.1) is 6.92 Å². The summed E-state index contributed by atoms with van der Waals surface area (Å²) in [4.78, 5) is 7.74. The van der Waals surface area contributed by atoms with E-state index in [4.69, 9.17) is 23.2 Å². The first-order valence-electron chi connectivity index (χ1n) is 10.7. The van der Waals surface area contributed by atoms with Crippen molar-refractivity contribution in [1.29, 1.82) is 0 Å². The van der Waals surface area contributed by atoms with Crippen LogP contribution >= 0.6 is 23.2 Å². The summed E-state index contributed by atoms with van der Waals surface area (Å²) < 4.78 is 26.0. The molecule has 1 aliphatic heterocycles. The summed E-state index contributed by atoms with van der Waals surface area (Å²) in [5.74, 6) is 1.02. The Bertz CT molecular complexity index is 1170. The number of hydrogen-bond acceptors (Lipinski definition) is 4. The number of nitrogens with zero attached hydrogens (tertiary/aromatic N) is 2. The molecule has 0 radical (unpaired) electrons. The summed E-state index contributed by atoms with van der Waals surface area (Å²) in [7, 11) is -3.58. The molecule has 3 aromatic rings. The Morgan fingerprint density at radius 3 is 2.22 bits per heavy atom. The number of nitrogens with one attached hydrogen (secondary N) is 1. The minimum Gasteiger partial charge on any atom is -0.368 e. The Labute approximate surface area is 199 Å². The van der Waals surface area contributed by atoms with Gasteiger partial charge < -0.3 is 14.8 Å². The molecule has 8 heteroatoms. The van der Waals surface area contributed by atoms with Gasteiger partial charge in [0.15, 0.2) is 14.9 Å². The average Bonchev–Trinajstić information content (AvgIpc) is 3.16. The zero-order valence-corrected chi connectivity index (χ0v) is 20.3. The van der Waals surface area contributed by atoms with Crippen molar-refractivity contribution in [1.82, 2.24) is 4.98 Å². The van der Waals surface area contributed by atoms with E-state index in [1.165, 1.54) is 5.69 Å². The molecule has 1 N–H and O–H groups in total. The van der Waals surface area contributed by atoms with Gasteiger partial charge in [-0.3, -0.25) is 0 Å². The normalized spacial score (nSPS) is 14.7. The van der Waals surface area contributed by atoms with Crippen LogP contribution in [0.3, 0.4) is 0 Å². The number of para-hydroxylation sites is 1. The number of aromatic amines is 1. The Balaban J connectivity index is 1.71. The first-order valence-corrected chi connectivity index (χ1v) is 13.3. The minimum atomic E-state index is -3.58. The molecule has 5 nitrogen and oxygen atoms in total. The lowest BCUT2D eigenvalue weighted by atomic mass is 10.0. The molecular weight excluding hydrogens is 465 g/mol. The molecule has 1 fully saturated rings. The van der Waals surface area contributed by atoms with E-state index < -0.39 is 9.84 Å². The van der Waals surface area contributed by atoms with E-state index in [-0.39, 0.29) is 21.7 Å². The van der Waals surface area contributed by atoms with Crippen molar-refractivity contribution in [3.05, 3.63) is 65.2 Å². The fourth-order valence-electron chi connectivity index (χ4n) is 4.17. The largest absolute Gasteiger partial charge is 0.368 e. The van der Waals surface area contributed by atoms with Crippen LogP contribution in [0.25, 0.3) is 11.1 Å². The summed E-state index contributed by atoms with van der Waals surface area (Å²) in [6, 6.07) is 18.2. The van der Waals surface area contributed by atoms with Gasteiger partial charge in [-0.2, -0.15) is 0 Å². The quantitative estimate of drug-likeness (QED) is 0.451. The predicted molar refractivity (Wildman–Crippen MR) is 134 cm³/mol. The number of rotatable bonds is 7. The monoisotopic (exact) mass is 491 g/mol. The second kappa shape index (κ2) is 9.77. The number of halogens is 2. The van der Waals surface area contributed by atoms with Crippen molar-refractivity contribution in [2.75, 3.05) is 47.6 Å². The highest BCUT2D eigenvalue weighted by Gasteiger charge is 2.30. The van der Waals surface area contributed by atoms with Gasteiger partial charge in [0, 0.05) is 43.3 Å². The van der Waals surface area contributed by atoms with Gasteiger partial charge in [-0.05, 0) is 36.6 Å². The molecule has 32 heavy (non-hydrogen) atoms. The summed E-state index contributed by atoms with van der Waals surface area (Å²) in [6.07, 6.45) is 0.379. The van der Waals surface area contributed by atoms with Crippen molar-refractivity contribution in [2.45, 2.75) is 18.4 Å². The second-order valence-corrected chi connectivity index (χ2v) is 10.8. The zero-order valence-electron chi connectivity index (χ0n) is 18.0. The fraction of sp³-hybridized carbons (Fsp3) is 0.333. The summed E-state index contributed by atoms with van der Waals surface area (Å²) >= 11 is 12.5. The maximum Gasteiger partial charge on any atom is 0.195 e. The lowest BCUT2D eigenvalue weighted by molar-refractivity contribution is 0.591. The van der Waals surface area contributed by atoms with Gasteiger partial charge in [-0.25, -0.2) is 8.42 Å². The van der Waals surface area contributed by atoms with Crippen LogP contribution in [0.4, 0.5) is 11.5 Å². The number of alkyl halides is 1. The highest BCUT2D eigenvalue weighted by Crippen LogP contribution is 2.43. The standard InChI is InChI=1S/C24H27Cl2N3O2S/c1-18-8-5-6-11-20(18)21-22(26)24(32(30,31)17-7-12-25)27-23(21)29-15-13-28(14-16-29)19-9-3-2-4-10-19/h2-6,8-11,27H,7,12-17H2,1H3. The first-order chi connectivity index (χ1) is 15.4. The Morgan fingerprint density at radius 2 is 1.56 bits per heavy atom. The molecule has 0 unspecified atom stereocenters. The third kappa shape index (κ3) is 4.63. The molecular formula is C24H27Cl2N3O2S. The van der Waals surface area contributed by atoms with E-state index in [2.05, 4.69) is 26.9 Å². The van der Waals surface area contributed by atoms with Crippen LogP contribution in [0.5, 0.6) is 0 Å². The molecule has 0 spiro atoms. The van der Waals surface area contributed by atoms with Gasteiger partial charge in [-0.1, -0.05) is 54.1 Å². The number of benzene rings is 2. The highest BCUT2D eigenvalue weighted by molar-refractivity contribution is 7.91. The average molecular weight is 492 g/mol. The molecule has 4 rings (SSSR count). The maximum atomic E-state index is 13.0. The Hall–Kier alpha value is -2.15. The fourth-order valence-corrected chi connectivity index (χ4v) is 6.41. The molecule has 0 aliphatic carbocycles. The lowest BCUT2D eigenvalue weighted by Gasteiger charge is -2.37. The number of aryl methyl sites for hydroxylation is 1. The molecule has 0 amide bonds. The third-order valence-electron chi connectivity index (χ3n) is 5.88. The van der Waals surface area contributed by atoms with Crippen LogP contribution < -0.4 is 9.80 Å². The molecule has 1 saturated heterocycles. The second-order valence-electron chi connectivity index (χ2n) is 7.98. The first kappa shape index (κ1) is 23.0. The zero-order chi connectivity index (χ0) is 22.7. The van der Waals surface area contributed by atoms with Crippen LogP contribution in [-0.4, -0.2) is 51.2 Å². The predicted octanol–water partition coefficient (Wildman–Crippen LogP) is 5.37. The van der Waals surface area contributed by atoms with Crippen molar-refractivity contribution >= 4 is 44.5 Å². The number of piperazine rings is 1. The summed E-state index contributed by atoms with van der Waals surface area (Å²) in [5.41, 5.74) is 3.93. The summed E-state index contributed by atoms with van der Waals surface area (Å²) in [5, 5.41) is 0.345. The number of sulfone groups is 1. The van der Waals surface area contributed by atoms with E-state index in [9.17, 15) is 8.42 Å². The molecule has 0 saturated carbocycles. The topological polar surface area (TPSA) is 56.4 Å². The van der Waals surface area contributed by atoms with Gasteiger partial charge in [0.05, 0.1) is 10.8 Å². The van der Waals surface area contributed by atoms with Crippen LogP contribution in [0.2, 0.25) is 5.02 Å². The molecule has 0 atom stereocenters. The van der Waals surface area contributed by atoms with Gasteiger partial charge >= 0.3 is 0 Å². The maximum absolute atomic E-state index is 13.0. The van der Waals surface area contributed by atoms with Gasteiger partial charge in [0.2, 0.25) is 0 Å². The third-order valence-corrected chi connectivity index (χ3v) is 8.39.